The summed E-state index contributed by atoms with van der Waals surface area (Å²) in [5, 5.41) is 0. The van der Waals surface area contributed by atoms with Gasteiger partial charge >= 0.3 is 0 Å². The zero-order valence-electron chi connectivity index (χ0n) is 33.9. The van der Waals surface area contributed by atoms with Gasteiger partial charge in [0.05, 0.1) is 58.0 Å². The van der Waals surface area contributed by atoms with Crippen LogP contribution in [0.5, 0.6) is 0 Å². The molecule has 0 radical (unpaired) electrons. The molecular weight excluding hydrogens is 1070 g/mol. The summed E-state index contributed by atoms with van der Waals surface area (Å²) in [6, 6.07) is 33.1. The largest absolute Gasteiger partial charge is 0.255 e. The van der Waals surface area contributed by atoms with Gasteiger partial charge in [-0.25, -0.2) is 9.97 Å². The number of benzene rings is 2. The normalized spacial score (nSPS) is 10.8. The molecule has 6 aromatic rings. The van der Waals surface area contributed by atoms with Crippen molar-refractivity contribution in [2.75, 3.05) is 0 Å². The summed E-state index contributed by atoms with van der Waals surface area (Å²) < 4.78 is 0. The molecule has 2 aromatic carbocycles. The van der Waals surface area contributed by atoms with Crippen LogP contribution < -0.4 is 0 Å². The Morgan fingerprint density at radius 2 is 0.724 bits per heavy atom. The molecule has 0 N–H and O–H groups in total. The Morgan fingerprint density at radius 1 is 0.414 bits per heavy atom. The minimum Gasteiger partial charge on any atom is -0.255 e. The fourth-order valence-corrected chi connectivity index (χ4v) is 6.37. The van der Waals surface area contributed by atoms with Gasteiger partial charge in [0.1, 0.15) is 0 Å². The number of aliphatic imine (C=N–C) groups is 2. The molecule has 0 amide bonds. The Kier molecular flexibility index (Phi) is 24.7. The molecule has 4 aromatic heterocycles. The number of pyridine rings is 4. The fraction of sp³-hybridized carbons (Fsp3) is 0.261. The van der Waals surface area contributed by atoms with Crippen molar-refractivity contribution >= 4 is 91.7 Å². The predicted octanol–water partition coefficient (Wildman–Crippen LogP) is 14.6. The average molecular weight is 1120 g/mol. The second-order valence-electron chi connectivity index (χ2n) is 14.5. The minimum absolute atomic E-state index is 0. The second kappa shape index (κ2) is 25.8. The van der Waals surface area contributed by atoms with Crippen LogP contribution in [0.4, 0.5) is 11.4 Å². The topological polar surface area (TPSA) is 76.3 Å². The van der Waals surface area contributed by atoms with Gasteiger partial charge in [0.2, 0.25) is 0 Å². The summed E-state index contributed by atoms with van der Waals surface area (Å²) in [7, 11) is 0. The molecular formula is C46H52Br4Fe2N6. The van der Waals surface area contributed by atoms with Gasteiger partial charge < -0.3 is 0 Å². The van der Waals surface area contributed by atoms with Crippen molar-refractivity contribution in [1.29, 1.82) is 0 Å². The van der Waals surface area contributed by atoms with Gasteiger partial charge in [-0.1, -0.05) is 79.7 Å². The number of aromatic nitrogens is 4. The van der Waals surface area contributed by atoms with Crippen LogP contribution in [0.3, 0.4) is 0 Å². The van der Waals surface area contributed by atoms with Gasteiger partial charge in [0, 0.05) is 46.5 Å². The molecule has 0 fully saturated rings. The van der Waals surface area contributed by atoms with Crippen molar-refractivity contribution < 1.29 is 34.1 Å². The monoisotopic (exact) mass is 1120 g/mol. The molecule has 58 heavy (non-hydrogen) atoms. The van der Waals surface area contributed by atoms with E-state index >= 15 is 0 Å². The third-order valence-corrected chi connectivity index (χ3v) is 9.21. The van der Waals surface area contributed by atoms with Crippen molar-refractivity contribution in [3.63, 3.8) is 0 Å². The Balaban J connectivity index is 0.00000541. The van der Waals surface area contributed by atoms with E-state index in [1.807, 2.05) is 85.2 Å². The van der Waals surface area contributed by atoms with Gasteiger partial charge in [0.15, 0.2) is 0 Å². The molecule has 0 aliphatic rings. The van der Waals surface area contributed by atoms with E-state index in [4.69, 9.17) is 20.0 Å². The van der Waals surface area contributed by atoms with Crippen LogP contribution in [0, 0.1) is 0 Å². The van der Waals surface area contributed by atoms with Crippen molar-refractivity contribution in [1.82, 2.24) is 19.9 Å². The van der Waals surface area contributed by atoms with E-state index in [1.165, 1.54) is 33.4 Å². The number of nitrogens with zero attached hydrogens (tertiary/aromatic N) is 6. The van der Waals surface area contributed by atoms with Crippen LogP contribution in [-0.2, 0) is 34.1 Å². The molecule has 0 unspecified atom stereocenters. The molecule has 0 bridgehead atoms. The molecule has 0 saturated heterocycles. The maximum atomic E-state index is 5.14. The SMILES string of the molecule is Br.Br.Br.Br.CC(C)c1cc(-c2cc(C(C)C)c(N=Cc3cccc(-c4ccccn4)n3)c(C(C)C)c2)cc(C(C)C)c1N=Cc1cccc(-c2ccccn2)n1.[Fe].[Fe]. The maximum absolute atomic E-state index is 5.14. The first kappa shape index (κ1) is 55.3. The summed E-state index contributed by atoms with van der Waals surface area (Å²) in [5.74, 6) is 1.07. The third kappa shape index (κ3) is 13.7. The Morgan fingerprint density at radius 3 is 1.00 bits per heavy atom. The first-order valence-corrected chi connectivity index (χ1v) is 18.3. The van der Waals surface area contributed by atoms with E-state index in [0.717, 1.165) is 45.5 Å². The van der Waals surface area contributed by atoms with Crippen LogP contribution in [0.25, 0.3) is 33.9 Å². The molecule has 310 valence electrons. The quantitative estimate of drug-likeness (QED) is 0.0957. The van der Waals surface area contributed by atoms with E-state index in [2.05, 4.69) is 89.6 Å². The van der Waals surface area contributed by atoms with Crippen molar-refractivity contribution in [3.8, 4) is 33.9 Å². The van der Waals surface area contributed by atoms with Crippen LogP contribution in [0.15, 0.2) is 119 Å². The van der Waals surface area contributed by atoms with Gasteiger partial charge in [-0.05, 0) is 130 Å². The number of rotatable bonds is 11. The van der Waals surface area contributed by atoms with E-state index in [0.29, 0.717) is 0 Å². The third-order valence-electron chi connectivity index (χ3n) is 9.21. The molecule has 0 aliphatic heterocycles. The zero-order valence-corrected chi connectivity index (χ0v) is 42.9. The molecule has 6 nitrogen and oxygen atoms in total. The van der Waals surface area contributed by atoms with E-state index < -0.39 is 0 Å². The average Bonchev–Trinajstić information content (AvgIpc) is 3.16. The molecule has 4 heterocycles. The maximum Gasteiger partial charge on any atom is 0.0894 e. The van der Waals surface area contributed by atoms with Crippen LogP contribution in [0.2, 0.25) is 0 Å². The molecule has 6 rings (SSSR count). The summed E-state index contributed by atoms with van der Waals surface area (Å²) in [5.41, 5.74) is 14.3. The van der Waals surface area contributed by atoms with Gasteiger partial charge in [-0.3, -0.25) is 20.0 Å². The van der Waals surface area contributed by atoms with Crippen molar-refractivity contribution in [2.24, 2.45) is 9.98 Å². The standard InChI is InChI=1S/C46H48N6.4BrH.2Fe/c1-29(2)37-23-33(24-38(30(3)4)45(37)49-27-35-15-13-19-43(51-35)41-17-9-11-21-47-41)34-25-39(31(5)6)46(40(26-34)32(7)8)50-28-36-16-14-20-44(52-36)42-18-10-12-22-48-42;;;;;;/h9-32H,1-8H3;4*1H;;. The van der Waals surface area contributed by atoms with Crippen LogP contribution >= 0.6 is 67.9 Å². The van der Waals surface area contributed by atoms with Crippen LogP contribution in [0.1, 0.15) is 113 Å². The second-order valence-corrected chi connectivity index (χ2v) is 14.5. The predicted molar refractivity (Wildman–Crippen MR) is 259 cm³/mol. The Hall–Kier alpha value is -2.66. The minimum atomic E-state index is 0. The van der Waals surface area contributed by atoms with E-state index in [1.54, 1.807) is 12.4 Å². The molecule has 0 spiro atoms. The van der Waals surface area contributed by atoms with Crippen LogP contribution in [-0.4, -0.2) is 32.4 Å². The number of hydrogen-bond donors (Lipinski definition) is 0. The van der Waals surface area contributed by atoms with E-state index in [-0.39, 0.29) is 126 Å². The zero-order chi connectivity index (χ0) is 36.8. The molecule has 0 atom stereocenters. The van der Waals surface area contributed by atoms with Gasteiger partial charge in [-0.15, -0.1) is 67.9 Å². The Bertz CT molecular complexity index is 2020. The summed E-state index contributed by atoms with van der Waals surface area (Å²) in [6.07, 6.45) is 7.36. The first-order valence-electron chi connectivity index (χ1n) is 18.3. The first-order chi connectivity index (χ1) is 25.1. The smallest absolute Gasteiger partial charge is 0.0894 e. The summed E-state index contributed by atoms with van der Waals surface area (Å²) >= 11 is 0. The van der Waals surface area contributed by atoms with Crippen molar-refractivity contribution in [2.45, 2.75) is 79.1 Å². The fourth-order valence-electron chi connectivity index (χ4n) is 6.37. The van der Waals surface area contributed by atoms with E-state index in [9.17, 15) is 0 Å². The molecule has 12 heteroatoms. The molecule has 0 saturated carbocycles. The number of halogens is 4. The molecule has 0 aliphatic carbocycles. The summed E-state index contributed by atoms with van der Waals surface area (Å²) in [6.45, 7) is 18.0. The van der Waals surface area contributed by atoms with Gasteiger partial charge in [0.25, 0.3) is 0 Å². The number of hydrogen-bond acceptors (Lipinski definition) is 6. The summed E-state index contributed by atoms with van der Waals surface area (Å²) in [4.78, 5) is 28.9. The Labute approximate surface area is 408 Å². The van der Waals surface area contributed by atoms with Crippen molar-refractivity contribution in [3.05, 3.63) is 143 Å². The van der Waals surface area contributed by atoms with Gasteiger partial charge in [-0.2, -0.15) is 0 Å².